The van der Waals surface area contributed by atoms with Gasteiger partial charge in [-0.15, -0.1) is 0 Å². The molecule has 0 spiro atoms. The predicted molar refractivity (Wildman–Crippen MR) is 117 cm³/mol. The summed E-state index contributed by atoms with van der Waals surface area (Å²) in [6.07, 6.45) is 6.48. The average Bonchev–Trinajstić information content (AvgIpc) is 3.40. The zero-order valence-corrected chi connectivity index (χ0v) is 17.8. The lowest BCUT2D eigenvalue weighted by Crippen LogP contribution is -2.35. The van der Waals surface area contributed by atoms with Crippen molar-refractivity contribution in [2.75, 3.05) is 6.61 Å². The number of ether oxygens (including phenoxy) is 1. The van der Waals surface area contributed by atoms with Gasteiger partial charge in [0.2, 0.25) is 4.96 Å². The molecule has 5 heterocycles. The summed E-state index contributed by atoms with van der Waals surface area (Å²) in [6.45, 7) is 5.10. The second kappa shape index (κ2) is 6.58. The highest BCUT2D eigenvalue weighted by Gasteiger charge is 2.32. The van der Waals surface area contributed by atoms with Gasteiger partial charge in [0.25, 0.3) is 0 Å². The fraction of sp³-hybridized carbons (Fsp3) is 0.364. The number of hydrogen-bond donors (Lipinski definition) is 0. The van der Waals surface area contributed by atoms with E-state index >= 15 is 0 Å². The summed E-state index contributed by atoms with van der Waals surface area (Å²) in [6, 6.07) is 8.64. The second-order valence-corrected chi connectivity index (χ2v) is 9.35. The van der Waals surface area contributed by atoms with Crippen molar-refractivity contribution in [1.29, 1.82) is 0 Å². The van der Waals surface area contributed by atoms with Gasteiger partial charge >= 0.3 is 0 Å². The Labute approximate surface area is 177 Å². The van der Waals surface area contributed by atoms with Gasteiger partial charge in [0, 0.05) is 24.5 Å². The van der Waals surface area contributed by atoms with E-state index in [0.29, 0.717) is 12.5 Å². The van der Waals surface area contributed by atoms with Crippen LogP contribution < -0.4 is 0 Å². The van der Waals surface area contributed by atoms with Gasteiger partial charge in [0.05, 0.1) is 34.7 Å². The van der Waals surface area contributed by atoms with Crippen LogP contribution in [0.1, 0.15) is 44.2 Å². The van der Waals surface area contributed by atoms with Crippen LogP contribution in [-0.4, -0.2) is 41.3 Å². The summed E-state index contributed by atoms with van der Waals surface area (Å²) in [5, 5.41) is 5.46. The Morgan fingerprint density at radius 2 is 2.10 bits per heavy atom. The molecule has 1 aliphatic heterocycles. The Morgan fingerprint density at radius 3 is 2.97 bits per heavy atom. The third-order valence-electron chi connectivity index (χ3n) is 5.91. The Kier molecular flexibility index (Phi) is 3.94. The third-order valence-corrected chi connectivity index (χ3v) is 6.60. The molecule has 1 aromatic carbocycles. The molecule has 6 rings (SSSR count). The van der Waals surface area contributed by atoms with Gasteiger partial charge in [-0.3, -0.25) is 4.98 Å². The first-order chi connectivity index (χ1) is 14.6. The van der Waals surface area contributed by atoms with E-state index in [0.717, 1.165) is 57.9 Å². The van der Waals surface area contributed by atoms with E-state index in [1.807, 2.05) is 28.5 Å². The van der Waals surface area contributed by atoms with Crippen molar-refractivity contribution in [3.05, 3.63) is 53.7 Å². The van der Waals surface area contributed by atoms with Crippen LogP contribution >= 0.6 is 11.3 Å². The van der Waals surface area contributed by atoms with Crippen molar-refractivity contribution in [3.8, 4) is 0 Å². The SMILES string of the molecule is CC1(C)CC(n2c(Cc3cn4ncsc4n3)nc3cnc4ccccc4c32)CCO1. The molecule has 1 aliphatic rings. The molecule has 4 aromatic heterocycles. The van der Waals surface area contributed by atoms with Crippen LogP contribution in [0.4, 0.5) is 0 Å². The lowest BCUT2D eigenvalue weighted by molar-refractivity contribution is -0.0688. The number of hydrogen-bond acceptors (Lipinski definition) is 6. The van der Waals surface area contributed by atoms with E-state index in [4.69, 9.17) is 14.7 Å². The molecule has 0 aliphatic carbocycles. The Bertz CT molecular complexity index is 1350. The monoisotopic (exact) mass is 418 g/mol. The van der Waals surface area contributed by atoms with Crippen LogP contribution in [0.3, 0.4) is 0 Å². The van der Waals surface area contributed by atoms with Crippen molar-refractivity contribution in [2.24, 2.45) is 0 Å². The largest absolute Gasteiger partial charge is 0.375 e. The van der Waals surface area contributed by atoms with Crippen LogP contribution in [0.25, 0.3) is 26.9 Å². The second-order valence-electron chi connectivity index (χ2n) is 8.54. The third kappa shape index (κ3) is 2.90. The molecule has 0 amide bonds. The van der Waals surface area contributed by atoms with Crippen molar-refractivity contribution in [2.45, 2.75) is 44.8 Å². The minimum Gasteiger partial charge on any atom is -0.375 e. The number of pyridine rings is 1. The zero-order chi connectivity index (χ0) is 20.3. The molecule has 8 heteroatoms. The number of aromatic nitrogens is 6. The van der Waals surface area contributed by atoms with E-state index in [-0.39, 0.29) is 5.60 Å². The number of benzene rings is 1. The van der Waals surface area contributed by atoms with Crippen LogP contribution in [0.15, 0.2) is 42.2 Å². The highest BCUT2D eigenvalue weighted by atomic mass is 32.1. The predicted octanol–water partition coefficient (Wildman–Crippen LogP) is 4.41. The number of rotatable bonds is 3. The molecule has 1 unspecified atom stereocenters. The maximum Gasteiger partial charge on any atom is 0.212 e. The highest BCUT2D eigenvalue weighted by molar-refractivity contribution is 7.14. The lowest BCUT2D eigenvalue weighted by atomic mass is 9.93. The summed E-state index contributed by atoms with van der Waals surface area (Å²) in [5.74, 6) is 1.02. The summed E-state index contributed by atoms with van der Waals surface area (Å²) in [4.78, 5) is 15.3. The van der Waals surface area contributed by atoms with Crippen molar-refractivity contribution >= 4 is 38.2 Å². The van der Waals surface area contributed by atoms with E-state index in [9.17, 15) is 0 Å². The first-order valence-corrected chi connectivity index (χ1v) is 11.1. The summed E-state index contributed by atoms with van der Waals surface area (Å²) in [5.41, 5.74) is 5.74. The molecule has 7 nitrogen and oxygen atoms in total. The number of fused-ring (bicyclic) bond motifs is 4. The fourth-order valence-corrected chi connectivity index (χ4v) is 5.26. The number of para-hydroxylation sites is 1. The van der Waals surface area contributed by atoms with E-state index < -0.39 is 0 Å². The highest BCUT2D eigenvalue weighted by Crippen LogP contribution is 2.37. The minimum atomic E-state index is -0.152. The van der Waals surface area contributed by atoms with Crippen molar-refractivity contribution < 1.29 is 4.74 Å². The van der Waals surface area contributed by atoms with Crippen LogP contribution in [0.2, 0.25) is 0 Å². The molecule has 5 aromatic rings. The van der Waals surface area contributed by atoms with Gasteiger partial charge < -0.3 is 9.30 Å². The smallest absolute Gasteiger partial charge is 0.212 e. The first-order valence-electron chi connectivity index (χ1n) is 10.2. The van der Waals surface area contributed by atoms with E-state index in [1.54, 1.807) is 11.3 Å². The van der Waals surface area contributed by atoms with Gasteiger partial charge in [-0.25, -0.2) is 14.5 Å². The molecule has 152 valence electrons. The van der Waals surface area contributed by atoms with Crippen LogP contribution in [0.5, 0.6) is 0 Å². The van der Waals surface area contributed by atoms with Gasteiger partial charge in [-0.2, -0.15) is 5.10 Å². The molecule has 0 bridgehead atoms. The molecule has 0 N–H and O–H groups in total. The van der Waals surface area contributed by atoms with Crippen molar-refractivity contribution in [3.63, 3.8) is 0 Å². The molecular weight excluding hydrogens is 396 g/mol. The van der Waals surface area contributed by atoms with E-state index in [1.165, 1.54) is 0 Å². The summed E-state index contributed by atoms with van der Waals surface area (Å²) in [7, 11) is 0. The lowest BCUT2D eigenvalue weighted by Gasteiger charge is -2.37. The number of nitrogens with zero attached hydrogens (tertiary/aromatic N) is 6. The normalized spacial score (nSPS) is 19.2. The van der Waals surface area contributed by atoms with Crippen LogP contribution in [-0.2, 0) is 11.2 Å². The molecule has 1 fully saturated rings. The minimum absolute atomic E-state index is 0.152. The first kappa shape index (κ1) is 18.0. The zero-order valence-electron chi connectivity index (χ0n) is 16.9. The van der Waals surface area contributed by atoms with Gasteiger partial charge in [0.15, 0.2) is 0 Å². The van der Waals surface area contributed by atoms with Crippen LogP contribution in [0, 0.1) is 0 Å². The molecule has 0 radical (unpaired) electrons. The molecular formula is C22H22N6OS. The number of imidazole rings is 2. The summed E-state index contributed by atoms with van der Waals surface area (Å²) >= 11 is 1.54. The van der Waals surface area contributed by atoms with Gasteiger partial charge in [-0.1, -0.05) is 29.5 Å². The van der Waals surface area contributed by atoms with Gasteiger partial charge in [-0.05, 0) is 32.8 Å². The Balaban J connectivity index is 1.55. The maximum absolute atomic E-state index is 6.01. The molecule has 1 saturated heterocycles. The topological polar surface area (TPSA) is 70.1 Å². The van der Waals surface area contributed by atoms with Gasteiger partial charge in [0.1, 0.15) is 16.9 Å². The maximum atomic E-state index is 6.01. The van der Waals surface area contributed by atoms with E-state index in [2.05, 4.69) is 46.7 Å². The standard InChI is InChI=1S/C22H22N6OS/c1-22(2)10-15(7-8-29-22)28-19(9-14-12-27-21(25-14)30-13-24-27)26-18-11-23-17-6-4-3-5-16(17)20(18)28/h3-6,11-13,15H,7-10H2,1-2H3. The Morgan fingerprint density at radius 1 is 1.20 bits per heavy atom. The molecule has 30 heavy (non-hydrogen) atoms. The quantitative estimate of drug-likeness (QED) is 0.434. The average molecular weight is 419 g/mol. The molecule has 0 saturated carbocycles. The van der Waals surface area contributed by atoms with Crippen molar-refractivity contribution in [1.82, 2.24) is 29.1 Å². The Hall–Kier alpha value is -2.84. The fourth-order valence-electron chi connectivity index (χ4n) is 4.64. The summed E-state index contributed by atoms with van der Waals surface area (Å²) < 4.78 is 10.3. The molecule has 1 atom stereocenters.